The van der Waals surface area contributed by atoms with E-state index in [0.717, 1.165) is 6.07 Å². The highest BCUT2D eigenvalue weighted by molar-refractivity contribution is 7.75. The molecule has 0 spiro atoms. The molecule has 0 aliphatic carbocycles. The first kappa shape index (κ1) is 50.1. The van der Waals surface area contributed by atoms with Gasteiger partial charge in [0, 0.05) is 18.5 Å². The lowest BCUT2D eigenvalue weighted by Crippen LogP contribution is -3.00. The molecule has 1 heterocycles. The van der Waals surface area contributed by atoms with Gasteiger partial charge < -0.3 is 17.6 Å². The number of rotatable bonds is 31. The van der Waals surface area contributed by atoms with Crippen LogP contribution in [0.3, 0.4) is 0 Å². The Kier molecular flexibility index (Phi) is 32.0. The molecule has 0 N–H and O–H groups in total. The maximum absolute atomic E-state index is 11.0. The summed E-state index contributed by atoms with van der Waals surface area (Å²) in [6, 6.07) is 1.14. The highest BCUT2D eigenvalue weighted by atomic mass is 35.5. The van der Waals surface area contributed by atoms with Crippen LogP contribution in [-0.2, 0) is 0 Å². The first-order valence-electron chi connectivity index (χ1n) is 20.6. The Morgan fingerprint density at radius 2 is 0.941 bits per heavy atom. The number of fused-ring (bicyclic) bond motifs is 1. The molecule has 11 heteroatoms. The van der Waals surface area contributed by atoms with Crippen LogP contribution in [0, 0.1) is 15.3 Å². The number of hydrogen-bond acceptors (Lipinski definition) is 5. The fraction of sp³-hybridized carbons (Fsp3) is 0.850. The maximum Gasteiger partial charge on any atom is 0.311 e. The molecule has 2 rings (SSSR count). The number of nitrogens with zero attached hydrogens (tertiary/aromatic N) is 3. The summed E-state index contributed by atoms with van der Waals surface area (Å²) in [6.07, 6.45) is 45.1. The van der Waals surface area contributed by atoms with E-state index in [4.69, 9.17) is 23.2 Å². The van der Waals surface area contributed by atoms with Gasteiger partial charge in [0.2, 0.25) is 0 Å². The number of nitro groups is 1. The third-order valence-corrected chi connectivity index (χ3v) is 15.9. The summed E-state index contributed by atoms with van der Waals surface area (Å²) in [5.41, 5.74) is -0.697. The van der Waals surface area contributed by atoms with Crippen molar-refractivity contribution in [2.75, 3.05) is 24.6 Å². The second kappa shape index (κ2) is 32.5. The molecule has 0 saturated heterocycles. The van der Waals surface area contributed by atoms with Crippen molar-refractivity contribution in [1.29, 1.82) is 0 Å². The Hall–Kier alpha value is -0.880. The molecule has 0 radical (unpaired) electrons. The van der Waals surface area contributed by atoms with E-state index in [1.54, 1.807) is 50.3 Å². The fourth-order valence-corrected chi connectivity index (χ4v) is 12.6. The molecule has 1 aromatic carbocycles. The number of benzene rings is 1. The highest BCUT2D eigenvalue weighted by Crippen LogP contribution is 2.61. The summed E-state index contributed by atoms with van der Waals surface area (Å²) < 4.78 is 4.23. The predicted molar refractivity (Wildman–Crippen MR) is 219 cm³/mol. The molecule has 0 unspecified atom stereocenters. The minimum atomic E-state index is -0.781. The van der Waals surface area contributed by atoms with Gasteiger partial charge in [0.05, 0.1) is 29.6 Å². The number of hydrogen-bond donors (Lipinski definition) is 0. The third-order valence-electron chi connectivity index (χ3n) is 10.2. The van der Waals surface area contributed by atoms with Gasteiger partial charge in [0.15, 0.2) is 5.02 Å². The molecule has 7 nitrogen and oxygen atoms in total. The van der Waals surface area contributed by atoms with Gasteiger partial charge in [-0.15, -0.1) is 0 Å². The van der Waals surface area contributed by atoms with Crippen LogP contribution < -0.4 is 17.3 Å². The second-order valence-electron chi connectivity index (χ2n) is 14.6. The van der Waals surface area contributed by atoms with Crippen molar-refractivity contribution in [1.82, 2.24) is 5.16 Å². The van der Waals surface area contributed by atoms with Crippen molar-refractivity contribution in [3.63, 3.8) is 0 Å². The average Bonchev–Trinajstić information content (AvgIpc) is 3.47. The van der Waals surface area contributed by atoms with E-state index in [-0.39, 0.29) is 33.4 Å². The SMILES string of the molecule is CCCCCCCCCCCCCCCC[P+](CCCCCC)(CCCCCC)CCCCCC.O=[N+]([O-])c1c(Cl)cc2no[n+]([O-])c2c1Cl.[Cl-]. The minimum absolute atomic E-state index is 0. The molecule has 0 saturated carbocycles. The van der Waals surface area contributed by atoms with Crippen molar-refractivity contribution >= 4 is 47.2 Å². The Labute approximate surface area is 328 Å². The van der Waals surface area contributed by atoms with Gasteiger partial charge in [0.25, 0.3) is 11.0 Å². The lowest BCUT2D eigenvalue weighted by atomic mass is 10.0. The molecule has 0 atom stereocenters. The number of unbranched alkanes of at least 4 members (excludes halogenated alkanes) is 22. The van der Waals surface area contributed by atoms with E-state index in [9.17, 15) is 15.3 Å². The van der Waals surface area contributed by atoms with Crippen LogP contribution in [0.1, 0.15) is 195 Å². The monoisotopic (exact) mass is 795 g/mol. The van der Waals surface area contributed by atoms with Crippen molar-refractivity contribution < 1.29 is 26.9 Å². The zero-order chi connectivity index (χ0) is 36.9. The van der Waals surface area contributed by atoms with E-state index >= 15 is 0 Å². The molecule has 0 bridgehead atoms. The summed E-state index contributed by atoms with van der Waals surface area (Å²) in [6.45, 7) is 9.42. The van der Waals surface area contributed by atoms with Gasteiger partial charge in [-0.05, 0) is 56.3 Å². The Balaban J connectivity index is 0.00000128. The lowest BCUT2D eigenvalue weighted by molar-refractivity contribution is -0.782. The number of halogens is 3. The molecule has 0 fully saturated rings. The van der Waals surface area contributed by atoms with E-state index < -0.39 is 22.9 Å². The van der Waals surface area contributed by atoms with Crippen LogP contribution >= 0.6 is 30.5 Å². The summed E-state index contributed by atoms with van der Waals surface area (Å²) in [5, 5.41) is 24.3. The van der Waals surface area contributed by atoms with Crippen molar-refractivity contribution in [3.8, 4) is 0 Å². The molecular weight excluding hydrogens is 724 g/mol. The molecule has 1 aromatic heterocycles. The minimum Gasteiger partial charge on any atom is -1.00 e. The van der Waals surface area contributed by atoms with Gasteiger partial charge in [-0.2, -0.15) is 0 Å². The summed E-state index contributed by atoms with van der Waals surface area (Å²) >= 11 is 11.2. The van der Waals surface area contributed by atoms with Crippen LogP contribution in [0.15, 0.2) is 10.7 Å². The highest BCUT2D eigenvalue weighted by Gasteiger charge is 2.35. The maximum atomic E-state index is 11.0. The van der Waals surface area contributed by atoms with E-state index in [1.165, 1.54) is 141 Å². The molecule has 0 aliphatic rings. The van der Waals surface area contributed by atoms with E-state index in [0.29, 0.717) is 0 Å². The fourth-order valence-electron chi connectivity index (χ4n) is 7.05. The zero-order valence-corrected chi connectivity index (χ0v) is 36.0. The van der Waals surface area contributed by atoms with Gasteiger partial charge >= 0.3 is 5.69 Å². The third kappa shape index (κ3) is 22.2. The Bertz CT molecular complexity index is 1110. The first-order chi connectivity index (χ1) is 24.3. The smallest absolute Gasteiger partial charge is 0.311 e. The van der Waals surface area contributed by atoms with Crippen LogP contribution in [0.4, 0.5) is 5.69 Å². The topological polar surface area (TPSA) is 96.1 Å². The van der Waals surface area contributed by atoms with Crippen molar-refractivity contribution in [3.05, 3.63) is 31.4 Å². The van der Waals surface area contributed by atoms with Gasteiger partial charge in [-0.1, -0.05) is 166 Å². The van der Waals surface area contributed by atoms with Crippen molar-refractivity contribution in [2.45, 2.75) is 195 Å². The van der Waals surface area contributed by atoms with E-state index in [1.807, 2.05) is 0 Å². The summed E-state index contributed by atoms with van der Waals surface area (Å²) in [5.74, 6) is 0. The number of aromatic nitrogens is 2. The first-order valence-corrected chi connectivity index (χ1v) is 23.9. The van der Waals surface area contributed by atoms with Gasteiger partial charge in [0.1, 0.15) is 5.02 Å². The molecule has 2 aromatic rings. The normalized spacial score (nSPS) is 11.4. The second-order valence-corrected chi connectivity index (χ2v) is 19.8. The molecule has 51 heavy (non-hydrogen) atoms. The van der Waals surface area contributed by atoms with Crippen LogP contribution in [0.5, 0.6) is 0 Å². The van der Waals surface area contributed by atoms with Crippen molar-refractivity contribution in [2.24, 2.45) is 0 Å². The largest absolute Gasteiger partial charge is 1.00 e. The van der Waals surface area contributed by atoms with E-state index in [2.05, 4.69) is 37.5 Å². The van der Waals surface area contributed by atoms with Crippen LogP contribution in [-0.4, -0.2) is 34.7 Å². The van der Waals surface area contributed by atoms with Crippen LogP contribution in [0.2, 0.25) is 10.0 Å². The lowest BCUT2D eigenvalue weighted by Gasteiger charge is -2.28. The quantitative estimate of drug-likeness (QED) is 0.0249. The van der Waals surface area contributed by atoms with Gasteiger partial charge in [-0.25, -0.2) is 0 Å². The Morgan fingerprint density at radius 3 is 1.27 bits per heavy atom. The molecule has 298 valence electrons. The predicted octanol–water partition coefficient (Wildman–Crippen LogP) is 11.9. The standard InChI is InChI=1S/C34H72P.C6HCl2N3O4.ClH/c1-5-9-13-17-18-19-20-21-22-23-24-25-26-30-34-35(31-27-14-10-6-2,32-28-15-11-7-3)33-29-16-12-8-4;7-2-1-3-6(11(14)15-9-3)4(8)5(2)10(12)13;/h5-34H2,1-4H3;1H;1H/q+1;;/p-1. The summed E-state index contributed by atoms with van der Waals surface area (Å²) in [7, 11) is -0.701. The average molecular weight is 797 g/mol. The van der Waals surface area contributed by atoms with Crippen LogP contribution in [0.25, 0.3) is 11.0 Å². The molecule has 0 amide bonds. The zero-order valence-electron chi connectivity index (χ0n) is 32.8. The molecular formula is C40H73Cl3N3O4P. The summed E-state index contributed by atoms with van der Waals surface area (Å²) in [4.78, 5) is 9.80. The number of nitro benzene ring substituents is 1. The Morgan fingerprint density at radius 1 is 0.627 bits per heavy atom. The molecule has 0 aliphatic heterocycles. The van der Waals surface area contributed by atoms with Gasteiger partial charge in [-0.3, -0.25) is 14.7 Å².